The highest BCUT2D eigenvalue weighted by molar-refractivity contribution is 5.90. The first-order valence-corrected chi connectivity index (χ1v) is 7.50. The average Bonchev–Trinajstić information content (AvgIpc) is 2.86. The molecule has 0 aliphatic carbocycles. The lowest BCUT2D eigenvalue weighted by Crippen LogP contribution is -2.02. The second-order valence-corrected chi connectivity index (χ2v) is 5.30. The van der Waals surface area contributed by atoms with E-state index in [0.29, 0.717) is 6.61 Å². The summed E-state index contributed by atoms with van der Waals surface area (Å²) < 4.78 is 5.79. The van der Waals surface area contributed by atoms with E-state index in [0.717, 1.165) is 46.2 Å². The van der Waals surface area contributed by atoms with Crippen LogP contribution in [0.2, 0.25) is 0 Å². The number of rotatable bonds is 5. The minimum atomic E-state index is 0.695. The highest BCUT2D eigenvalue weighted by atomic mass is 16.5. The number of anilines is 2. The van der Waals surface area contributed by atoms with Crippen molar-refractivity contribution in [2.24, 2.45) is 0 Å². The van der Waals surface area contributed by atoms with Crippen molar-refractivity contribution in [3.05, 3.63) is 41.9 Å². The van der Waals surface area contributed by atoms with Crippen LogP contribution in [0.1, 0.15) is 24.9 Å². The molecule has 0 amide bonds. The number of para-hydroxylation sites is 2. The monoisotopic (exact) mass is 296 g/mol. The predicted molar refractivity (Wildman–Crippen MR) is 88.9 cm³/mol. The van der Waals surface area contributed by atoms with Crippen LogP contribution >= 0.6 is 0 Å². The number of hydrogen-bond acceptors (Lipinski definition) is 4. The Hall–Kier alpha value is -2.56. The van der Waals surface area contributed by atoms with Gasteiger partial charge in [0.05, 0.1) is 17.7 Å². The van der Waals surface area contributed by atoms with Crippen LogP contribution in [-0.4, -0.2) is 21.6 Å². The van der Waals surface area contributed by atoms with Crippen LogP contribution in [0.25, 0.3) is 11.0 Å². The van der Waals surface area contributed by atoms with E-state index < -0.39 is 0 Å². The largest absolute Gasteiger partial charge is 0.491 e. The fraction of sp³-hybridized carbons (Fsp3) is 0.294. The molecule has 0 aliphatic heterocycles. The van der Waals surface area contributed by atoms with Crippen LogP contribution in [0, 0.1) is 13.8 Å². The summed E-state index contributed by atoms with van der Waals surface area (Å²) >= 11 is 0. The maximum absolute atomic E-state index is 5.79. The van der Waals surface area contributed by atoms with E-state index in [1.807, 2.05) is 44.2 Å². The molecule has 5 heteroatoms. The third-order valence-electron chi connectivity index (χ3n) is 3.34. The third kappa shape index (κ3) is 2.88. The third-order valence-corrected chi connectivity index (χ3v) is 3.34. The molecule has 0 bridgehead atoms. The summed E-state index contributed by atoms with van der Waals surface area (Å²) in [6.07, 6.45) is 0.974. The lowest BCUT2D eigenvalue weighted by Gasteiger charge is -2.13. The molecule has 0 radical (unpaired) electrons. The second-order valence-electron chi connectivity index (χ2n) is 5.30. The summed E-state index contributed by atoms with van der Waals surface area (Å²) in [6, 6.07) is 9.96. The molecule has 0 saturated heterocycles. The van der Waals surface area contributed by atoms with E-state index >= 15 is 0 Å². The molecule has 3 rings (SSSR count). The Morgan fingerprint density at radius 1 is 1.18 bits per heavy atom. The van der Waals surface area contributed by atoms with E-state index in [1.165, 1.54) is 0 Å². The van der Waals surface area contributed by atoms with Crippen molar-refractivity contribution in [2.45, 2.75) is 27.2 Å². The number of aromatic amines is 1. The van der Waals surface area contributed by atoms with Crippen molar-refractivity contribution in [1.29, 1.82) is 0 Å². The van der Waals surface area contributed by atoms with Crippen molar-refractivity contribution in [1.82, 2.24) is 15.0 Å². The number of aryl methyl sites for hydroxylation is 2. The summed E-state index contributed by atoms with van der Waals surface area (Å²) in [6.45, 7) is 6.69. The van der Waals surface area contributed by atoms with Gasteiger partial charge in [0.1, 0.15) is 23.0 Å². The van der Waals surface area contributed by atoms with E-state index in [1.54, 1.807) is 0 Å². The molecular formula is C17H20N4O. The Bertz CT molecular complexity index is 794. The van der Waals surface area contributed by atoms with Crippen molar-refractivity contribution < 1.29 is 4.74 Å². The van der Waals surface area contributed by atoms with E-state index in [4.69, 9.17) is 4.74 Å². The summed E-state index contributed by atoms with van der Waals surface area (Å²) in [5.74, 6) is 2.35. The molecule has 22 heavy (non-hydrogen) atoms. The van der Waals surface area contributed by atoms with Crippen molar-refractivity contribution >= 4 is 22.5 Å². The molecule has 2 aromatic heterocycles. The van der Waals surface area contributed by atoms with Gasteiger partial charge in [0.25, 0.3) is 0 Å². The van der Waals surface area contributed by atoms with Crippen LogP contribution in [-0.2, 0) is 0 Å². The summed E-state index contributed by atoms with van der Waals surface area (Å²) in [4.78, 5) is 12.2. The molecule has 5 nitrogen and oxygen atoms in total. The Morgan fingerprint density at radius 2 is 2.00 bits per heavy atom. The number of aromatic nitrogens is 3. The molecule has 0 fully saturated rings. The molecule has 2 N–H and O–H groups in total. The van der Waals surface area contributed by atoms with Gasteiger partial charge in [0.15, 0.2) is 0 Å². The van der Waals surface area contributed by atoms with Gasteiger partial charge in [-0.1, -0.05) is 19.1 Å². The minimum absolute atomic E-state index is 0.695. The van der Waals surface area contributed by atoms with Gasteiger partial charge >= 0.3 is 0 Å². The molecule has 114 valence electrons. The van der Waals surface area contributed by atoms with Crippen molar-refractivity contribution in [3.63, 3.8) is 0 Å². The zero-order valence-electron chi connectivity index (χ0n) is 13.1. The fourth-order valence-corrected chi connectivity index (χ4v) is 2.38. The van der Waals surface area contributed by atoms with E-state index in [9.17, 15) is 0 Å². The number of ether oxygens (including phenoxy) is 1. The summed E-state index contributed by atoms with van der Waals surface area (Å²) in [7, 11) is 0. The lowest BCUT2D eigenvalue weighted by molar-refractivity contribution is 0.319. The first-order chi connectivity index (χ1) is 10.7. The van der Waals surface area contributed by atoms with E-state index in [2.05, 4.69) is 27.2 Å². The number of nitrogens with one attached hydrogen (secondary N) is 2. The number of nitrogens with zero attached hydrogens (tertiary/aromatic N) is 2. The van der Waals surface area contributed by atoms with Crippen LogP contribution < -0.4 is 10.1 Å². The Balaban J connectivity index is 2.00. The number of hydrogen-bond donors (Lipinski definition) is 2. The van der Waals surface area contributed by atoms with Crippen molar-refractivity contribution in [2.75, 3.05) is 11.9 Å². The van der Waals surface area contributed by atoms with Gasteiger partial charge in [-0.2, -0.15) is 0 Å². The smallest absolute Gasteiger partial charge is 0.143 e. The van der Waals surface area contributed by atoms with Gasteiger partial charge in [-0.05, 0) is 38.5 Å². The quantitative estimate of drug-likeness (QED) is 0.744. The van der Waals surface area contributed by atoms with Crippen LogP contribution in [0.4, 0.5) is 11.5 Å². The number of fused-ring (bicyclic) bond motifs is 1. The molecule has 0 spiro atoms. The topological polar surface area (TPSA) is 62.8 Å². The van der Waals surface area contributed by atoms with Gasteiger partial charge < -0.3 is 15.0 Å². The maximum Gasteiger partial charge on any atom is 0.143 e. The molecule has 0 atom stereocenters. The first-order valence-electron chi connectivity index (χ1n) is 7.50. The molecule has 0 unspecified atom stereocenters. The first kappa shape index (κ1) is 14.4. The summed E-state index contributed by atoms with van der Waals surface area (Å²) in [5, 5.41) is 4.36. The van der Waals surface area contributed by atoms with Gasteiger partial charge in [0, 0.05) is 5.69 Å². The Labute approximate surface area is 129 Å². The van der Waals surface area contributed by atoms with Crippen LogP contribution in [0.15, 0.2) is 30.3 Å². The van der Waals surface area contributed by atoms with Gasteiger partial charge in [-0.15, -0.1) is 0 Å². The molecule has 1 aromatic carbocycles. The molecule has 3 aromatic rings. The SMILES string of the molecule is CCCOc1ccccc1Nc1nc(C)nc2[nH]c(C)cc12. The predicted octanol–water partition coefficient (Wildman–Crippen LogP) is 4.11. The zero-order valence-corrected chi connectivity index (χ0v) is 13.1. The molecule has 0 aliphatic rings. The number of benzene rings is 1. The number of H-pyrrole nitrogens is 1. The van der Waals surface area contributed by atoms with Crippen LogP contribution in [0.3, 0.4) is 0 Å². The zero-order chi connectivity index (χ0) is 15.5. The minimum Gasteiger partial charge on any atom is -0.491 e. The second kappa shape index (κ2) is 6.05. The Kier molecular flexibility index (Phi) is 3.96. The van der Waals surface area contributed by atoms with Crippen molar-refractivity contribution in [3.8, 4) is 5.75 Å². The van der Waals surface area contributed by atoms with E-state index in [-0.39, 0.29) is 0 Å². The fourth-order valence-electron chi connectivity index (χ4n) is 2.38. The maximum atomic E-state index is 5.79. The normalized spacial score (nSPS) is 10.9. The molecule has 2 heterocycles. The van der Waals surface area contributed by atoms with Gasteiger partial charge in [0.2, 0.25) is 0 Å². The Morgan fingerprint density at radius 3 is 2.82 bits per heavy atom. The molecular weight excluding hydrogens is 276 g/mol. The highest BCUT2D eigenvalue weighted by Crippen LogP contribution is 2.30. The summed E-state index contributed by atoms with van der Waals surface area (Å²) in [5.41, 5.74) is 2.82. The molecule has 0 saturated carbocycles. The van der Waals surface area contributed by atoms with Gasteiger partial charge in [-0.3, -0.25) is 0 Å². The highest BCUT2D eigenvalue weighted by Gasteiger charge is 2.11. The van der Waals surface area contributed by atoms with Gasteiger partial charge in [-0.25, -0.2) is 9.97 Å². The standard InChI is InChI=1S/C17H20N4O/c1-4-9-22-15-8-6-5-7-14(15)21-17-13-10-11(2)18-16(13)19-12(3)20-17/h5-8,10H,4,9H2,1-3H3,(H2,18,19,20,21). The van der Waals surface area contributed by atoms with Crippen LogP contribution in [0.5, 0.6) is 5.75 Å². The average molecular weight is 296 g/mol. The lowest BCUT2D eigenvalue weighted by atomic mass is 10.2.